The number of hydrogen-bond acceptors (Lipinski definition) is 4. The summed E-state index contributed by atoms with van der Waals surface area (Å²) in [5, 5.41) is 11.6. The number of nitrogens with one attached hydrogen (secondary N) is 1. The van der Waals surface area contributed by atoms with Crippen LogP contribution in [0.5, 0.6) is 0 Å². The van der Waals surface area contributed by atoms with E-state index in [0.29, 0.717) is 11.4 Å². The number of para-hydroxylation sites is 1. The largest absolute Gasteiger partial charge is 0.340 e. The van der Waals surface area contributed by atoms with Crippen LogP contribution in [0, 0.1) is 10.1 Å². The molecule has 1 heterocycles. The normalized spacial score (nSPS) is 10.6. The molecule has 0 spiro atoms. The molecule has 6 nitrogen and oxygen atoms in total. The van der Waals surface area contributed by atoms with Crippen LogP contribution in [-0.4, -0.2) is 17.0 Å². The van der Waals surface area contributed by atoms with E-state index in [9.17, 15) is 14.9 Å². The van der Waals surface area contributed by atoms with E-state index in [1.54, 1.807) is 30.1 Å². The van der Waals surface area contributed by atoms with Gasteiger partial charge in [0.25, 0.3) is 11.2 Å². The van der Waals surface area contributed by atoms with Crippen molar-refractivity contribution in [2.45, 2.75) is 0 Å². The first-order valence-corrected chi connectivity index (χ1v) is 6.66. The van der Waals surface area contributed by atoms with E-state index in [2.05, 4.69) is 4.98 Å². The number of pyridine rings is 1. The molecular weight excluding hydrogens is 282 g/mol. The number of aromatic amines is 1. The number of anilines is 2. The molecule has 0 aliphatic heterocycles. The molecule has 0 bridgehead atoms. The van der Waals surface area contributed by atoms with Gasteiger partial charge in [-0.2, -0.15) is 0 Å². The van der Waals surface area contributed by atoms with Crippen LogP contribution >= 0.6 is 0 Å². The molecule has 1 N–H and O–H groups in total. The van der Waals surface area contributed by atoms with Gasteiger partial charge in [0.15, 0.2) is 0 Å². The predicted molar refractivity (Wildman–Crippen MR) is 85.7 cm³/mol. The maximum atomic E-state index is 12.2. The zero-order chi connectivity index (χ0) is 15.7. The van der Waals surface area contributed by atoms with Gasteiger partial charge in [-0.3, -0.25) is 14.9 Å². The maximum absolute atomic E-state index is 12.2. The van der Waals surface area contributed by atoms with E-state index in [0.717, 1.165) is 10.9 Å². The number of nitrogens with zero attached hydrogens (tertiary/aromatic N) is 2. The molecule has 22 heavy (non-hydrogen) atoms. The van der Waals surface area contributed by atoms with Crippen LogP contribution in [-0.2, 0) is 0 Å². The second-order valence-electron chi connectivity index (χ2n) is 4.90. The fraction of sp³-hybridized carbons (Fsp3) is 0.0625. The van der Waals surface area contributed by atoms with Gasteiger partial charge in [0.05, 0.1) is 4.92 Å². The molecule has 0 aliphatic carbocycles. The van der Waals surface area contributed by atoms with Crippen molar-refractivity contribution < 1.29 is 4.92 Å². The van der Waals surface area contributed by atoms with Crippen molar-refractivity contribution in [2.24, 2.45) is 0 Å². The number of aromatic nitrogens is 1. The van der Waals surface area contributed by atoms with E-state index in [1.165, 1.54) is 12.1 Å². The summed E-state index contributed by atoms with van der Waals surface area (Å²) in [5.41, 5.74) is 1.76. The molecule has 0 saturated carbocycles. The van der Waals surface area contributed by atoms with Gasteiger partial charge in [0.2, 0.25) is 0 Å². The standard InChI is InChI=1S/C16H13N3O3/c1-18(12-6-8-13(9-7-12)19(21)22)15-10-11-4-2-3-5-14(11)17-16(15)20/h2-10H,1H3,(H,17,20). The number of hydrogen-bond donors (Lipinski definition) is 1. The smallest absolute Gasteiger partial charge is 0.272 e. The lowest BCUT2D eigenvalue weighted by atomic mass is 10.2. The second kappa shape index (κ2) is 5.33. The van der Waals surface area contributed by atoms with E-state index < -0.39 is 4.92 Å². The third-order valence-corrected chi connectivity index (χ3v) is 3.54. The van der Waals surface area contributed by atoms with Crippen molar-refractivity contribution in [1.29, 1.82) is 0 Å². The fourth-order valence-corrected chi connectivity index (χ4v) is 2.32. The Labute approximate surface area is 125 Å². The lowest BCUT2D eigenvalue weighted by Crippen LogP contribution is -2.20. The third kappa shape index (κ3) is 2.42. The minimum atomic E-state index is -0.452. The molecule has 0 fully saturated rings. The Hall–Kier alpha value is -3.15. The highest BCUT2D eigenvalue weighted by atomic mass is 16.6. The lowest BCUT2D eigenvalue weighted by Gasteiger charge is -2.18. The van der Waals surface area contributed by atoms with Crippen LogP contribution in [0.4, 0.5) is 17.1 Å². The summed E-state index contributed by atoms with van der Waals surface area (Å²) in [7, 11) is 1.75. The zero-order valence-corrected chi connectivity index (χ0v) is 11.8. The Morgan fingerprint density at radius 2 is 1.77 bits per heavy atom. The molecule has 6 heteroatoms. The molecule has 110 valence electrons. The number of fused-ring (bicyclic) bond motifs is 1. The quantitative estimate of drug-likeness (QED) is 0.594. The van der Waals surface area contributed by atoms with Crippen LogP contribution in [0.15, 0.2) is 59.4 Å². The van der Waals surface area contributed by atoms with Crippen molar-refractivity contribution in [2.75, 3.05) is 11.9 Å². The van der Waals surface area contributed by atoms with E-state index in [-0.39, 0.29) is 11.2 Å². The molecule has 0 amide bonds. The summed E-state index contributed by atoms with van der Waals surface area (Å²) in [6.07, 6.45) is 0. The number of benzene rings is 2. The van der Waals surface area contributed by atoms with Gasteiger partial charge >= 0.3 is 0 Å². The molecular formula is C16H13N3O3. The summed E-state index contributed by atoms with van der Waals surface area (Å²) < 4.78 is 0. The summed E-state index contributed by atoms with van der Waals surface area (Å²) >= 11 is 0. The molecule has 0 unspecified atom stereocenters. The molecule has 3 rings (SSSR count). The Bertz CT molecular complexity index is 900. The average Bonchev–Trinajstić information content (AvgIpc) is 2.53. The monoisotopic (exact) mass is 295 g/mol. The van der Waals surface area contributed by atoms with Crippen molar-refractivity contribution >= 4 is 28.0 Å². The van der Waals surface area contributed by atoms with Gasteiger partial charge in [-0.25, -0.2) is 0 Å². The van der Waals surface area contributed by atoms with Gasteiger partial charge in [-0.15, -0.1) is 0 Å². The van der Waals surface area contributed by atoms with E-state index in [4.69, 9.17) is 0 Å². The van der Waals surface area contributed by atoms with Crippen molar-refractivity contribution in [3.05, 3.63) is 75.1 Å². The summed E-state index contributed by atoms with van der Waals surface area (Å²) in [4.78, 5) is 27.0. The highest BCUT2D eigenvalue weighted by molar-refractivity contribution is 5.82. The van der Waals surface area contributed by atoms with Gasteiger partial charge in [0, 0.05) is 35.8 Å². The number of rotatable bonds is 3. The fourth-order valence-electron chi connectivity index (χ4n) is 2.32. The van der Waals surface area contributed by atoms with Gasteiger partial charge in [-0.1, -0.05) is 18.2 Å². The van der Waals surface area contributed by atoms with Gasteiger partial charge in [-0.05, 0) is 24.3 Å². The van der Waals surface area contributed by atoms with Gasteiger partial charge in [0.1, 0.15) is 5.69 Å². The van der Waals surface area contributed by atoms with Gasteiger partial charge < -0.3 is 9.88 Å². The predicted octanol–water partition coefficient (Wildman–Crippen LogP) is 3.20. The zero-order valence-electron chi connectivity index (χ0n) is 11.8. The highest BCUT2D eigenvalue weighted by Crippen LogP contribution is 2.24. The molecule has 0 aliphatic rings. The molecule has 0 saturated heterocycles. The Morgan fingerprint density at radius 1 is 1.09 bits per heavy atom. The van der Waals surface area contributed by atoms with Crippen molar-refractivity contribution in [3.8, 4) is 0 Å². The first kappa shape index (κ1) is 13.8. The van der Waals surface area contributed by atoms with Crippen LogP contribution in [0.25, 0.3) is 10.9 Å². The average molecular weight is 295 g/mol. The number of nitro benzene ring substituents is 1. The first-order valence-electron chi connectivity index (χ1n) is 6.66. The molecule has 0 atom stereocenters. The second-order valence-corrected chi connectivity index (χ2v) is 4.90. The highest BCUT2D eigenvalue weighted by Gasteiger charge is 2.11. The first-order chi connectivity index (χ1) is 10.6. The number of nitro groups is 1. The number of non-ortho nitro benzene ring substituents is 1. The molecule has 3 aromatic rings. The SMILES string of the molecule is CN(c1ccc([N+](=O)[O-])cc1)c1cc2ccccc2[nH]c1=O. The minimum absolute atomic E-state index is 0.0181. The van der Waals surface area contributed by atoms with E-state index in [1.807, 2.05) is 24.3 Å². The summed E-state index contributed by atoms with van der Waals surface area (Å²) in [6, 6.07) is 15.4. The Kier molecular flexibility index (Phi) is 3.34. The Balaban J connectivity index is 2.04. The van der Waals surface area contributed by atoms with Crippen LogP contribution in [0.3, 0.4) is 0 Å². The van der Waals surface area contributed by atoms with Crippen LogP contribution in [0.1, 0.15) is 0 Å². The lowest BCUT2D eigenvalue weighted by molar-refractivity contribution is -0.384. The van der Waals surface area contributed by atoms with Crippen molar-refractivity contribution in [1.82, 2.24) is 4.98 Å². The number of H-pyrrole nitrogens is 1. The molecule has 0 radical (unpaired) electrons. The topological polar surface area (TPSA) is 79.2 Å². The summed E-state index contributed by atoms with van der Waals surface area (Å²) in [5.74, 6) is 0. The van der Waals surface area contributed by atoms with Crippen LogP contribution in [0.2, 0.25) is 0 Å². The maximum Gasteiger partial charge on any atom is 0.272 e. The minimum Gasteiger partial charge on any atom is -0.340 e. The van der Waals surface area contributed by atoms with Crippen molar-refractivity contribution in [3.63, 3.8) is 0 Å². The summed E-state index contributed by atoms with van der Waals surface area (Å²) in [6.45, 7) is 0. The van der Waals surface area contributed by atoms with E-state index >= 15 is 0 Å². The van der Waals surface area contributed by atoms with Crippen LogP contribution < -0.4 is 10.5 Å². The molecule has 1 aromatic heterocycles. The Morgan fingerprint density at radius 3 is 2.45 bits per heavy atom. The molecule has 2 aromatic carbocycles. The third-order valence-electron chi connectivity index (χ3n) is 3.54.